The van der Waals surface area contributed by atoms with Crippen molar-refractivity contribution in [3.05, 3.63) is 41.6 Å². The van der Waals surface area contributed by atoms with Crippen LogP contribution in [-0.4, -0.2) is 42.3 Å². The lowest BCUT2D eigenvalue weighted by Crippen LogP contribution is -2.35. The molecule has 0 radical (unpaired) electrons. The number of carbonyl (C=O) groups is 1. The Morgan fingerprint density at radius 3 is 2.65 bits per heavy atom. The number of amides is 2. The Bertz CT molecular complexity index is 903. The van der Waals surface area contributed by atoms with Gasteiger partial charge in [-0.2, -0.15) is 4.98 Å². The van der Waals surface area contributed by atoms with E-state index in [1.165, 1.54) is 25.5 Å². The number of anilines is 1. The molecule has 140 valence electrons. The first-order chi connectivity index (χ1) is 12.2. The summed E-state index contributed by atoms with van der Waals surface area (Å²) in [6, 6.07) is 6.56. The molecule has 1 heterocycles. The van der Waals surface area contributed by atoms with Crippen LogP contribution in [0.3, 0.4) is 0 Å². The number of aromatic nitrogens is 2. The number of hydrogen-bond acceptors (Lipinski definition) is 7. The summed E-state index contributed by atoms with van der Waals surface area (Å²) in [5.41, 5.74) is 0.882. The van der Waals surface area contributed by atoms with Crippen LogP contribution in [0.1, 0.15) is 11.3 Å². The van der Waals surface area contributed by atoms with Crippen molar-refractivity contribution in [2.45, 2.75) is 17.6 Å². The maximum atomic E-state index is 12.5. The molecule has 11 heteroatoms. The van der Waals surface area contributed by atoms with Crippen molar-refractivity contribution in [3.8, 4) is 5.88 Å². The van der Waals surface area contributed by atoms with Crippen LogP contribution in [0.15, 0.2) is 35.2 Å². The fraction of sp³-hybridized carbons (Fsp3) is 0.267. The number of benzene rings is 1. The zero-order valence-electron chi connectivity index (χ0n) is 14.3. The van der Waals surface area contributed by atoms with Crippen molar-refractivity contribution in [2.24, 2.45) is 0 Å². The minimum Gasteiger partial charge on any atom is -0.616 e. The first-order valence-electron chi connectivity index (χ1n) is 7.32. The molecule has 1 unspecified atom stereocenters. The van der Waals surface area contributed by atoms with Crippen molar-refractivity contribution >= 4 is 33.2 Å². The lowest BCUT2D eigenvalue weighted by atomic mass is 10.2. The number of sulfonamides is 1. The fourth-order valence-corrected chi connectivity index (χ4v) is 4.04. The van der Waals surface area contributed by atoms with Gasteiger partial charge in [-0.15, -0.1) is 0 Å². The van der Waals surface area contributed by atoms with E-state index in [-0.39, 0.29) is 22.5 Å². The van der Waals surface area contributed by atoms with Crippen molar-refractivity contribution in [3.63, 3.8) is 0 Å². The molecule has 0 aliphatic carbocycles. The molecule has 0 saturated heterocycles. The number of methoxy groups -OCH3 is 1. The Kier molecular flexibility index (Phi) is 6.40. The second-order valence-corrected chi connectivity index (χ2v) is 8.35. The second-order valence-electron chi connectivity index (χ2n) is 5.26. The van der Waals surface area contributed by atoms with Crippen LogP contribution in [0.2, 0.25) is 0 Å². The molecule has 2 N–H and O–H groups in total. The molecule has 0 saturated carbocycles. The average molecular weight is 398 g/mol. The monoisotopic (exact) mass is 398 g/mol. The van der Waals surface area contributed by atoms with Crippen LogP contribution in [-0.2, 0) is 27.0 Å². The molecule has 2 amide bonds. The molecule has 9 nitrogen and oxygen atoms in total. The van der Waals surface area contributed by atoms with Gasteiger partial charge >= 0.3 is 6.03 Å². The van der Waals surface area contributed by atoms with Gasteiger partial charge in [0.1, 0.15) is 5.75 Å². The molecule has 1 aromatic heterocycles. The molecule has 2 rings (SSSR count). The highest BCUT2D eigenvalue weighted by Crippen LogP contribution is 2.18. The molecule has 1 aromatic carbocycles. The number of hydrogen-bond donors (Lipinski definition) is 2. The molecule has 0 aliphatic heterocycles. The van der Waals surface area contributed by atoms with Crippen molar-refractivity contribution < 1.29 is 22.5 Å². The summed E-state index contributed by atoms with van der Waals surface area (Å²) in [4.78, 5) is 19.8. The Labute approximate surface area is 154 Å². The zero-order chi connectivity index (χ0) is 19.3. The summed E-state index contributed by atoms with van der Waals surface area (Å²) in [7, 11) is -2.76. The Morgan fingerprint density at radius 2 is 2.00 bits per heavy atom. The fourth-order valence-electron chi connectivity index (χ4n) is 2.11. The van der Waals surface area contributed by atoms with E-state index in [9.17, 15) is 17.8 Å². The number of nitrogens with one attached hydrogen (secondary N) is 2. The van der Waals surface area contributed by atoms with E-state index in [1.54, 1.807) is 25.1 Å². The summed E-state index contributed by atoms with van der Waals surface area (Å²) < 4.78 is 43.3. The molecule has 26 heavy (non-hydrogen) atoms. The van der Waals surface area contributed by atoms with Crippen LogP contribution in [0.5, 0.6) is 5.88 Å². The summed E-state index contributed by atoms with van der Waals surface area (Å²) in [5.74, 6) is 0.181. The first-order valence-corrected chi connectivity index (χ1v) is 10.5. The summed E-state index contributed by atoms with van der Waals surface area (Å²) in [5, 5.41) is 2.25. The van der Waals surface area contributed by atoms with Gasteiger partial charge in [-0.05, 0) is 13.0 Å². The largest absolute Gasteiger partial charge is 0.616 e. The molecular formula is C15H18N4O5S2. The molecule has 0 bridgehead atoms. The van der Waals surface area contributed by atoms with Crippen molar-refractivity contribution in [2.75, 3.05) is 18.7 Å². The number of aryl methyl sites for hydroxylation is 1. The SMILES string of the molecule is COc1cc(C)nc(NC(=O)NS(=O)(=O)c2ccccc2C[S+](C)[O-])n1. The highest BCUT2D eigenvalue weighted by atomic mass is 32.2. The van der Waals surface area contributed by atoms with E-state index in [0.29, 0.717) is 11.3 Å². The highest BCUT2D eigenvalue weighted by molar-refractivity contribution is 7.91. The van der Waals surface area contributed by atoms with Gasteiger partial charge in [0.2, 0.25) is 11.8 Å². The maximum Gasteiger partial charge on any atom is 0.335 e. The molecule has 0 fully saturated rings. The van der Waals surface area contributed by atoms with Crippen LogP contribution in [0.4, 0.5) is 10.7 Å². The van der Waals surface area contributed by atoms with Gasteiger partial charge in [-0.3, -0.25) is 5.32 Å². The van der Waals surface area contributed by atoms with Crippen LogP contribution >= 0.6 is 0 Å². The first kappa shape index (κ1) is 19.9. The van der Waals surface area contributed by atoms with Crippen LogP contribution in [0.25, 0.3) is 0 Å². The second kappa shape index (κ2) is 8.34. The molecule has 0 spiro atoms. The summed E-state index contributed by atoms with van der Waals surface area (Å²) in [6.45, 7) is 1.67. The Hall–Kier alpha value is -2.37. The number of carbonyl (C=O) groups excluding carboxylic acids is 1. The van der Waals surface area contributed by atoms with Gasteiger partial charge in [0.25, 0.3) is 10.0 Å². The summed E-state index contributed by atoms with van der Waals surface area (Å²) in [6.07, 6.45) is 1.46. The van der Waals surface area contributed by atoms with Gasteiger partial charge < -0.3 is 9.29 Å². The third-order valence-corrected chi connectivity index (χ3v) is 5.26. The van der Waals surface area contributed by atoms with Gasteiger partial charge in [0.15, 0.2) is 0 Å². The maximum absolute atomic E-state index is 12.5. The van der Waals surface area contributed by atoms with Gasteiger partial charge in [-0.1, -0.05) is 29.4 Å². The third kappa shape index (κ3) is 5.31. The normalized spacial score (nSPS) is 12.3. The number of urea groups is 1. The van der Waals surface area contributed by atoms with Crippen LogP contribution in [0, 0.1) is 6.92 Å². The predicted octanol–water partition coefficient (Wildman–Crippen LogP) is 1.18. The minimum absolute atomic E-state index is 0.0525. The summed E-state index contributed by atoms with van der Waals surface area (Å²) >= 11 is -1.24. The molecule has 0 aliphatic rings. The van der Waals surface area contributed by atoms with Crippen molar-refractivity contribution in [1.82, 2.24) is 14.7 Å². The predicted molar refractivity (Wildman–Crippen MR) is 96.9 cm³/mol. The van der Waals surface area contributed by atoms with Crippen LogP contribution < -0.4 is 14.8 Å². The topological polar surface area (TPSA) is 133 Å². The average Bonchev–Trinajstić information content (AvgIpc) is 2.53. The smallest absolute Gasteiger partial charge is 0.335 e. The number of ether oxygens (including phenoxy) is 1. The van der Waals surface area contributed by atoms with E-state index in [1.807, 2.05) is 4.72 Å². The van der Waals surface area contributed by atoms with E-state index in [2.05, 4.69) is 15.3 Å². The van der Waals surface area contributed by atoms with Gasteiger partial charge in [-0.25, -0.2) is 22.9 Å². The van der Waals surface area contributed by atoms with Gasteiger partial charge in [0.05, 0.1) is 18.3 Å². The Balaban J connectivity index is 2.19. The van der Waals surface area contributed by atoms with E-state index in [0.717, 1.165) is 0 Å². The van der Waals surface area contributed by atoms with Gasteiger partial charge in [0, 0.05) is 17.3 Å². The molecule has 2 aromatic rings. The van der Waals surface area contributed by atoms with E-state index >= 15 is 0 Å². The molecule has 1 atom stereocenters. The minimum atomic E-state index is -4.16. The highest BCUT2D eigenvalue weighted by Gasteiger charge is 2.23. The standard InChI is InChI=1S/C15H18N4O5S2/c1-10-8-13(24-2)17-14(16-10)18-15(20)19-26(22,23)12-7-5-4-6-11(12)9-25(3)21/h4-8H,9H2,1-3H3,(H2,16,17,18,19,20). The van der Waals surface area contributed by atoms with E-state index in [4.69, 9.17) is 4.74 Å². The zero-order valence-corrected chi connectivity index (χ0v) is 16.0. The quantitative estimate of drug-likeness (QED) is 0.698. The number of nitrogens with zero attached hydrogens (tertiary/aromatic N) is 2. The molecular weight excluding hydrogens is 380 g/mol. The van der Waals surface area contributed by atoms with Crippen molar-refractivity contribution in [1.29, 1.82) is 0 Å². The Morgan fingerprint density at radius 1 is 1.31 bits per heavy atom. The number of rotatable bonds is 6. The third-order valence-electron chi connectivity index (χ3n) is 3.11. The lowest BCUT2D eigenvalue weighted by molar-refractivity contribution is 0.256. The lowest BCUT2D eigenvalue weighted by Gasteiger charge is -2.12. The van der Waals surface area contributed by atoms with E-state index < -0.39 is 27.2 Å².